The summed E-state index contributed by atoms with van der Waals surface area (Å²) < 4.78 is 11.0. The van der Waals surface area contributed by atoms with Gasteiger partial charge in [0, 0.05) is 30.1 Å². The molecule has 0 radical (unpaired) electrons. The first kappa shape index (κ1) is 15.4. The van der Waals surface area contributed by atoms with Crippen molar-refractivity contribution in [2.24, 2.45) is 0 Å². The predicted molar refractivity (Wildman–Crippen MR) is 96.6 cm³/mol. The number of benzene rings is 2. The number of ether oxygens (including phenoxy) is 1. The fourth-order valence-corrected chi connectivity index (χ4v) is 2.90. The number of anilines is 1. The number of aromatic nitrogens is 2. The highest BCUT2D eigenvalue weighted by Gasteiger charge is 2.15. The number of rotatable bonds is 6. The van der Waals surface area contributed by atoms with Crippen LogP contribution in [0.25, 0.3) is 33.3 Å². The van der Waals surface area contributed by atoms with E-state index >= 15 is 0 Å². The summed E-state index contributed by atoms with van der Waals surface area (Å²) in [4.78, 5) is 13.0. The van der Waals surface area contributed by atoms with Crippen molar-refractivity contribution in [3.8, 4) is 11.5 Å². The number of aromatic amines is 1. The second-order valence-electron chi connectivity index (χ2n) is 5.74. The fourth-order valence-electron chi connectivity index (χ4n) is 2.90. The van der Waals surface area contributed by atoms with Crippen molar-refractivity contribution < 1.29 is 13.9 Å². The molecule has 4 rings (SSSR count). The van der Waals surface area contributed by atoms with Crippen molar-refractivity contribution in [1.82, 2.24) is 10.2 Å². The molecular weight excluding hydrogens is 318 g/mol. The molecule has 126 valence electrons. The number of nitrogens with one attached hydrogen (secondary N) is 1. The topological polar surface area (TPSA) is 71.4 Å². The fraction of sp³-hybridized carbons (Fsp3) is 0.158. The second-order valence-corrected chi connectivity index (χ2v) is 5.74. The number of carbonyl (C=O) groups excluding carboxylic acids is 1. The largest absolute Gasteiger partial charge is 0.454 e. The van der Waals surface area contributed by atoms with Gasteiger partial charge >= 0.3 is 0 Å². The molecule has 0 fully saturated rings. The van der Waals surface area contributed by atoms with Crippen molar-refractivity contribution in [3.05, 3.63) is 48.5 Å². The van der Waals surface area contributed by atoms with Crippen LogP contribution in [0.2, 0.25) is 0 Å². The van der Waals surface area contributed by atoms with Crippen LogP contribution in [-0.4, -0.2) is 36.9 Å². The van der Waals surface area contributed by atoms with E-state index in [1.165, 1.54) is 0 Å². The molecule has 2 aromatic heterocycles. The van der Waals surface area contributed by atoms with Crippen molar-refractivity contribution in [3.63, 3.8) is 0 Å². The summed E-state index contributed by atoms with van der Waals surface area (Å²) in [6, 6.07) is 15.5. The Labute approximate surface area is 144 Å². The van der Waals surface area contributed by atoms with E-state index < -0.39 is 0 Å². The number of fused-ring (bicyclic) bond motifs is 2. The van der Waals surface area contributed by atoms with Gasteiger partial charge in [-0.1, -0.05) is 18.2 Å². The van der Waals surface area contributed by atoms with Gasteiger partial charge in [0.15, 0.2) is 5.76 Å². The van der Waals surface area contributed by atoms with Crippen LogP contribution in [-0.2, 0) is 9.53 Å². The molecule has 0 saturated carbocycles. The second kappa shape index (κ2) is 6.41. The lowest BCUT2D eigenvalue weighted by Crippen LogP contribution is -2.25. The van der Waals surface area contributed by atoms with Gasteiger partial charge in [0.2, 0.25) is 6.41 Å². The minimum absolute atomic E-state index is 0.471. The van der Waals surface area contributed by atoms with Crippen LogP contribution in [0.15, 0.2) is 52.9 Å². The zero-order valence-corrected chi connectivity index (χ0v) is 13.7. The normalized spacial score (nSPS) is 11.2. The Morgan fingerprint density at radius 2 is 2.12 bits per heavy atom. The summed E-state index contributed by atoms with van der Waals surface area (Å²) in [5, 5.41) is 9.35. The van der Waals surface area contributed by atoms with Gasteiger partial charge in [0.25, 0.3) is 0 Å². The number of para-hydroxylation sites is 1. The van der Waals surface area contributed by atoms with Crippen LogP contribution in [0, 0.1) is 0 Å². The Bertz CT molecular complexity index is 1000. The molecule has 0 atom stereocenters. The smallest absolute Gasteiger partial charge is 0.214 e. The van der Waals surface area contributed by atoms with Gasteiger partial charge in [-0.15, -0.1) is 0 Å². The van der Waals surface area contributed by atoms with Crippen LogP contribution < -0.4 is 4.90 Å². The minimum Gasteiger partial charge on any atom is -0.454 e. The Kier molecular flexibility index (Phi) is 3.95. The van der Waals surface area contributed by atoms with Crippen LogP contribution in [0.3, 0.4) is 0 Å². The third kappa shape index (κ3) is 2.77. The van der Waals surface area contributed by atoms with E-state index in [1.54, 1.807) is 12.0 Å². The number of hydrogen-bond donors (Lipinski definition) is 1. The van der Waals surface area contributed by atoms with Crippen LogP contribution in [0.5, 0.6) is 0 Å². The average molecular weight is 335 g/mol. The average Bonchev–Trinajstić information content (AvgIpc) is 3.25. The maximum atomic E-state index is 11.4. The molecule has 0 aliphatic heterocycles. The molecule has 6 nitrogen and oxygen atoms in total. The molecule has 2 aromatic carbocycles. The summed E-state index contributed by atoms with van der Waals surface area (Å²) >= 11 is 0. The van der Waals surface area contributed by atoms with Gasteiger partial charge in [-0.05, 0) is 30.3 Å². The molecule has 0 aliphatic rings. The number of furan rings is 1. The summed E-state index contributed by atoms with van der Waals surface area (Å²) in [6.07, 6.45) is 0.807. The molecule has 1 N–H and O–H groups in total. The summed E-state index contributed by atoms with van der Waals surface area (Å²) in [6.45, 7) is 0.960. The van der Waals surface area contributed by atoms with E-state index in [-0.39, 0.29) is 0 Å². The molecule has 25 heavy (non-hydrogen) atoms. The molecule has 0 aliphatic carbocycles. The first-order valence-corrected chi connectivity index (χ1v) is 7.98. The SMILES string of the molecule is COCCN(C=O)c1ccc2[nH]nc(-c3cc4ccccc4o3)c2c1. The number of methoxy groups -OCH3 is 1. The minimum atomic E-state index is 0.471. The third-order valence-electron chi connectivity index (χ3n) is 4.20. The Morgan fingerprint density at radius 3 is 2.92 bits per heavy atom. The summed E-state index contributed by atoms with van der Waals surface area (Å²) in [7, 11) is 1.61. The van der Waals surface area contributed by atoms with E-state index in [9.17, 15) is 4.79 Å². The molecule has 0 unspecified atom stereocenters. The zero-order valence-electron chi connectivity index (χ0n) is 13.7. The maximum absolute atomic E-state index is 11.4. The van der Waals surface area contributed by atoms with E-state index in [0.29, 0.717) is 18.9 Å². The highest BCUT2D eigenvalue weighted by atomic mass is 16.5. The predicted octanol–water partition coefficient (Wildman–Crippen LogP) is 3.59. The van der Waals surface area contributed by atoms with Gasteiger partial charge in [-0.25, -0.2) is 0 Å². The lowest BCUT2D eigenvalue weighted by Gasteiger charge is -2.16. The van der Waals surface area contributed by atoms with Crippen molar-refractivity contribution in [1.29, 1.82) is 0 Å². The number of amides is 1. The van der Waals surface area contributed by atoms with Crippen molar-refractivity contribution >= 4 is 34.0 Å². The molecule has 0 spiro atoms. The van der Waals surface area contributed by atoms with E-state index in [1.807, 2.05) is 48.5 Å². The molecule has 0 saturated heterocycles. The van der Waals surface area contributed by atoms with Crippen molar-refractivity contribution in [2.75, 3.05) is 25.2 Å². The summed E-state index contributed by atoms with van der Waals surface area (Å²) in [5.74, 6) is 0.694. The van der Waals surface area contributed by atoms with Crippen molar-refractivity contribution in [2.45, 2.75) is 0 Å². The maximum Gasteiger partial charge on any atom is 0.214 e. The highest BCUT2D eigenvalue weighted by Crippen LogP contribution is 2.33. The lowest BCUT2D eigenvalue weighted by atomic mass is 10.1. The molecule has 0 bridgehead atoms. The van der Waals surface area contributed by atoms with Crippen LogP contribution >= 0.6 is 0 Å². The Balaban J connectivity index is 1.79. The number of H-pyrrole nitrogens is 1. The highest BCUT2D eigenvalue weighted by molar-refractivity contribution is 5.97. The number of nitrogens with zero attached hydrogens (tertiary/aromatic N) is 2. The quantitative estimate of drug-likeness (QED) is 0.547. The zero-order chi connectivity index (χ0) is 17.2. The van der Waals surface area contributed by atoms with E-state index in [2.05, 4.69) is 10.2 Å². The van der Waals surface area contributed by atoms with E-state index in [4.69, 9.17) is 9.15 Å². The van der Waals surface area contributed by atoms with Gasteiger partial charge in [-0.3, -0.25) is 9.89 Å². The van der Waals surface area contributed by atoms with Crippen LogP contribution in [0.4, 0.5) is 5.69 Å². The molecule has 6 heteroatoms. The number of carbonyl (C=O) groups is 1. The number of hydrogen-bond acceptors (Lipinski definition) is 4. The van der Waals surface area contributed by atoms with Gasteiger partial charge in [0.05, 0.1) is 12.1 Å². The summed E-state index contributed by atoms with van der Waals surface area (Å²) in [5.41, 5.74) is 3.22. The molecule has 1 amide bonds. The Hall–Kier alpha value is -3.12. The third-order valence-corrected chi connectivity index (χ3v) is 4.20. The first-order valence-electron chi connectivity index (χ1n) is 7.98. The molecule has 2 heterocycles. The van der Waals surface area contributed by atoms with Gasteiger partial charge < -0.3 is 14.1 Å². The monoisotopic (exact) mass is 335 g/mol. The Morgan fingerprint density at radius 1 is 1.24 bits per heavy atom. The molecular formula is C19H17N3O3. The van der Waals surface area contributed by atoms with E-state index in [0.717, 1.165) is 39.7 Å². The van der Waals surface area contributed by atoms with Crippen LogP contribution in [0.1, 0.15) is 0 Å². The van der Waals surface area contributed by atoms with Gasteiger partial charge in [-0.2, -0.15) is 5.10 Å². The lowest BCUT2D eigenvalue weighted by molar-refractivity contribution is -0.107. The van der Waals surface area contributed by atoms with Gasteiger partial charge in [0.1, 0.15) is 11.3 Å². The standard InChI is InChI=1S/C19H17N3O3/c1-24-9-8-22(12-23)14-6-7-16-15(11-14)19(21-20-16)18-10-13-4-2-3-5-17(13)25-18/h2-7,10-12H,8-9H2,1H3,(H,20,21). The first-order chi connectivity index (χ1) is 12.3. The molecule has 4 aromatic rings.